The Morgan fingerprint density at radius 2 is 1.87 bits per heavy atom. The van der Waals surface area contributed by atoms with Crippen LogP contribution in [0.15, 0.2) is 27.8 Å². The molecule has 0 N–H and O–H groups in total. The molecule has 1 aliphatic heterocycles. The van der Waals surface area contributed by atoms with Crippen molar-refractivity contribution in [3.8, 4) is 0 Å². The summed E-state index contributed by atoms with van der Waals surface area (Å²) in [5.74, 6) is 0.764. The van der Waals surface area contributed by atoms with Crippen molar-refractivity contribution in [1.29, 1.82) is 0 Å². The van der Waals surface area contributed by atoms with E-state index in [0.29, 0.717) is 40.3 Å². The van der Waals surface area contributed by atoms with Crippen molar-refractivity contribution < 1.29 is 0 Å². The molecule has 1 aromatic carbocycles. The van der Waals surface area contributed by atoms with E-state index in [1.54, 1.807) is 19.2 Å². The van der Waals surface area contributed by atoms with Gasteiger partial charge in [-0.2, -0.15) is 0 Å². The minimum atomic E-state index is -0.386. The lowest BCUT2D eigenvalue weighted by atomic mass is 10.00. The number of imidazole rings is 1. The van der Waals surface area contributed by atoms with E-state index in [2.05, 4.69) is 11.8 Å². The number of hydrogen-bond donors (Lipinski definition) is 0. The summed E-state index contributed by atoms with van der Waals surface area (Å²) in [6, 6.07) is 5.84. The molecule has 1 atom stereocenters. The molecule has 166 valence electrons. The van der Waals surface area contributed by atoms with Gasteiger partial charge in [-0.1, -0.05) is 42.6 Å². The zero-order valence-corrected chi connectivity index (χ0v) is 19.6. The minimum Gasteiger partial charge on any atom is -0.316 e. The average Bonchev–Trinajstić information content (AvgIpc) is 3.11. The topological polar surface area (TPSA) is 65.1 Å². The first-order chi connectivity index (χ1) is 14.8. The standard InChI is InChI=1S/C22H27Cl2N5O2/c1-4-16-7-5-6-10-28(16)13-18-25-20-19(21(30)27(3)22(31)26(20)2)29(18)12-14-8-9-15(23)11-17(14)24/h8-9,11,16H,4-7,10,12-13H2,1-3H3. The van der Waals surface area contributed by atoms with Crippen molar-refractivity contribution >= 4 is 34.4 Å². The molecule has 1 fully saturated rings. The van der Waals surface area contributed by atoms with Crippen LogP contribution in [0, 0.1) is 0 Å². The van der Waals surface area contributed by atoms with Gasteiger partial charge < -0.3 is 4.57 Å². The van der Waals surface area contributed by atoms with Crippen molar-refractivity contribution in [2.24, 2.45) is 14.1 Å². The second kappa shape index (κ2) is 8.81. The van der Waals surface area contributed by atoms with Crippen molar-refractivity contribution in [2.45, 2.75) is 51.7 Å². The van der Waals surface area contributed by atoms with Gasteiger partial charge in [-0.3, -0.25) is 18.8 Å². The number of aryl methyl sites for hydroxylation is 1. The molecule has 1 aliphatic rings. The molecular formula is C22H27Cl2N5O2. The fraction of sp³-hybridized carbons (Fsp3) is 0.500. The van der Waals surface area contributed by atoms with Gasteiger partial charge in [-0.15, -0.1) is 0 Å². The Morgan fingerprint density at radius 1 is 1.10 bits per heavy atom. The lowest BCUT2D eigenvalue weighted by molar-refractivity contribution is 0.131. The van der Waals surface area contributed by atoms with E-state index in [-0.39, 0.29) is 11.2 Å². The van der Waals surface area contributed by atoms with Crippen LogP contribution < -0.4 is 11.2 Å². The van der Waals surface area contributed by atoms with Crippen LogP contribution >= 0.6 is 23.2 Å². The summed E-state index contributed by atoms with van der Waals surface area (Å²) >= 11 is 12.5. The third-order valence-corrected chi connectivity index (χ3v) is 6.92. The van der Waals surface area contributed by atoms with Crippen molar-refractivity contribution in [3.63, 3.8) is 0 Å². The van der Waals surface area contributed by atoms with E-state index in [9.17, 15) is 9.59 Å². The molecule has 0 bridgehead atoms. The molecule has 0 saturated carbocycles. The van der Waals surface area contributed by atoms with Gasteiger partial charge in [0.2, 0.25) is 0 Å². The number of rotatable bonds is 5. The van der Waals surface area contributed by atoms with E-state index in [1.807, 2.05) is 10.6 Å². The number of piperidine rings is 1. The Morgan fingerprint density at radius 3 is 2.58 bits per heavy atom. The monoisotopic (exact) mass is 463 g/mol. The summed E-state index contributed by atoms with van der Waals surface area (Å²) in [7, 11) is 3.14. The Bertz CT molecular complexity index is 1240. The maximum atomic E-state index is 13.1. The first-order valence-corrected chi connectivity index (χ1v) is 11.4. The molecule has 1 saturated heterocycles. The highest BCUT2D eigenvalue weighted by Gasteiger charge is 2.25. The number of aromatic nitrogens is 4. The zero-order chi connectivity index (χ0) is 22.3. The van der Waals surface area contributed by atoms with Crippen LogP contribution in [0.25, 0.3) is 11.2 Å². The highest BCUT2D eigenvalue weighted by atomic mass is 35.5. The molecule has 0 spiro atoms. The molecule has 31 heavy (non-hydrogen) atoms. The van der Waals surface area contributed by atoms with E-state index in [4.69, 9.17) is 28.2 Å². The highest BCUT2D eigenvalue weighted by Crippen LogP contribution is 2.26. The predicted molar refractivity (Wildman–Crippen MR) is 124 cm³/mol. The molecule has 7 nitrogen and oxygen atoms in total. The van der Waals surface area contributed by atoms with Crippen LogP contribution in [-0.2, 0) is 27.2 Å². The van der Waals surface area contributed by atoms with Gasteiger partial charge >= 0.3 is 5.69 Å². The van der Waals surface area contributed by atoms with E-state index >= 15 is 0 Å². The molecule has 3 heterocycles. The number of likely N-dealkylation sites (tertiary alicyclic amines) is 1. The van der Waals surface area contributed by atoms with E-state index in [0.717, 1.165) is 35.3 Å². The zero-order valence-electron chi connectivity index (χ0n) is 18.1. The largest absolute Gasteiger partial charge is 0.332 e. The fourth-order valence-corrected chi connectivity index (χ4v) is 4.98. The quantitative estimate of drug-likeness (QED) is 0.580. The molecular weight excluding hydrogens is 437 g/mol. The van der Waals surface area contributed by atoms with Gasteiger partial charge in [0.25, 0.3) is 5.56 Å². The smallest absolute Gasteiger partial charge is 0.316 e. The summed E-state index contributed by atoms with van der Waals surface area (Å²) in [5.41, 5.74) is 0.914. The highest BCUT2D eigenvalue weighted by molar-refractivity contribution is 6.35. The van der Waals surface area contributed by atoms with Crippen LogP contribution in [-0.4, -0.2) is 36.2 Å². The number of hydrogen-bond acceptors (Lipinski definition) is 4. The Labute approximate surface area is 190 Å². The van der Waals surface area contributed by atoms with Crippen LogP contribution in [0.4, 0.5) is 0 Å². The van der Waals surface area contributed by atoms with Gasteiger partial charge in [0.1, 0.15) is 5.82 Å². The summed E-state index contributed by atoms with van der Waals surface area (Å²) in [5, 5.41) is 1.09. The summed E-state index contributed by atoms with van der Waals surface area (Å²) in [4.78, 5) is 32.8. The Hall–Kier alpha value is -2.09. The SMILES string of the molecule is CCC1CCCCN1Cc1nc2c(c(=O)n(C)c(=O)n2C)n1Cc1ccc(Cl)cc1Cl. The molecule has 3 aromatic rings. The number of nitrogens with zero attached hydrogens (tertiary/aromatic N) is 5. The van der Waals surface area contributed by atoms with Crippen LogP contribution in [0.1, 0.15) is 44.0 Å². The van der Waals surface area contributed by atoms with Crippen LogP contribution in [0.2, 0.25) is 10.0 Å². The van der Waals surface area contributed by atoms with Gasteiger partial charge in [-0.05, 0) is 43.5 Å². The van der Waals surface area contributed by atoms with Gasteiger partial charge in [0, 0.05) is 30.2 Å². The van der Waals surface area contributed by atoms with Crippen molar-refractivity contribution in [2.75, 3.05) is 6.54 Å². The number of benzene rings is 1. The van der Waals surface area contributed by atoms with Gasteiger partial charge in [0.05, 0.1) is 13.1 Å². The fourth-order valence-electron chi connectivity index (χ4n) is 4.51. The second-order valence-electron chi connectivity index (χ2n) is 8.26. The summed E-state index contributed by atoms with van der Waals surface area (Å²) in [6.07, 6.45) is 4.63. The molecule has 1 unspecified atom stereocenters. The van der Waals surface area contributed by atoms with E-state index < -0.39 is 0 Å². The normalized spacial score (nSPS) is 17.5. The van der Waals surface area contributed by atoms with Crippen LogP contribution in [0.3, 0.4) is 0 Å². The lowest BCUT2D eigenvalue weighted by Gasteiger charge is -2.34. The number of fused-ring (bicyclic) bond motifs is 1. The molecule has 0 radical (unpaired) electrons. The third kappa shape index (κ3) is 4.06. The predicted octanol–water partition coefficient (Wildman–Crippen LogP) is 3.55. The first kappa shape index (κ1) is 22.1. The Balaban J connectivity index is 1.89. The van der Waals surface area contributed by atoms with Gasteiger partial charge in [0.15, 0.2) is 11.2 Å². The number of halogens is 2. The second-order valence-corrected chi connectivity index (χ2v) is 9.10. The maximum Gasteiger partial charge on any atom is 0.332 e. The van der Waals surface area contributed by atoms with Gasteiger partial charge in [-0.25, -0.2) is 9.78 Å². The Kier molecular flexibility index (Phi) is 6.28. The van der Waals surface area contributed by atoms with Crippen molar-refractivity contribution in [3.05, 3.63) is 60.5 Å². The molecule has 9 heteroatoms. The summed E-state index contributed by atoms with van der Waals surface area (Å²) < 4.78 is 4.48. The third-order valence-electron chi connectivity index (χ3n) is 6.34. The molecule has 4 rings (SSSR count). The lowest BCUT2D eigenvalue weighted by Crippen LogP contribution is -2.39. The molecule has 2 aromatic heterocycles. The maximum absolute atomic E-state index is 13.1. The molecule has 0 aliphatic carbocycles. The summed E-state index contributed by atoms with van der Waals surface area (Å²) in [6.45, 7) is 4.20. The van der Waals surface area contributed by atoms with Crippen LogP contribution in [0.5, 0.6) is 0 Å². The average molecular weight is 464 g/mol. The van der Waals surface area contributed by atoms with Crippen molar-refractivity contribution in [1.82, 2.24) is 23.6 Å². The molecule has 0 amide bonds. The van der Waals surface area contributed by atoms with E-state index in [1.165, 1.54) is 24.5 Å². The first-order valence-electron chi connectivity index (χ1n) is 10.6. The minimum absolute atomic E-state index is 0.354.